The van der Waals surface area contributed by atoms with E-state index in [0.29, 0.717) is 18.9 Å². The van der Waals surface area contributed by atoms with Crippen molar-refractivity contribution >= 4 is 42.1 Å². The van der Waals surface area contributed by atoms with Crippen LogP contribution in [0.3, 0.4) is 0 Å². The Morgan fingerprint density at radius 3 is 2.68 bits per heavy atom. The van der Waals surface area contributed by atoms with E-state index in [9.17, 15) is 4.79 Å². The Hall–Kier alpha value is -0.360. The first kappa shape index (κ1) is 21.6. The number of rotatable bonds is 6. The van der Waals surface area contributed by atoms with Gasteiger partial charge in [-0.05, 0) is 44.2 Å². The third kappa shape index (κ3) is 7.27. The number of halogens is 2. The number of hydrogen-bond donors (Lipinski definition) is 2. The summed E-state index contributed by atoms with van der Waals surface area (Å²) in [6.45, 7) is 7.04. The van der Waals surface area contributed by atoms with E-state index in [-0.39, 0.29) is 30.7 Å². The molecule has 2 heterocycles. The van der Waals surface area contributed by atoms with Gasteiger partial charge in [-0.3, -0.25) is 4.79 Å². The molecule has 0 unspecified atom stereocenters. The molecule has 0 aromatic carbocycles. The van der Waals surface area contributed by atoms with E-state index in [1.807, 2.05) is 0 Å². The number of nitrogens with one attached hydrogen (secondary N) is 2. The van der Waals surface area contributed by atoms with Crippen LogP contribution in [0.2, 0.25) is 0 Å². The lowest BCUT2D eigenvalue weighted by atomic mass is 9.93. The van der Waals surface area contributed by atoms with Gasteiger partial charge in [-0.2, -0.15) is 0 Å². The van der Waals surface area contributed by atoms with Crippen molar-refractivity contribution in [2.24, 2.45) is 5.92 Å². The molecule has 1 aliphatic heterocycles. The number of amides is 1. The number of hydrogen-bond acceptors (Lipinski definition) is 4. The van der Waals surface area contributed by atoms with Crippen LogP contribution < -0.4 is 10.6 Å². The second kappa shape index (κ2) is 11.2. The van der Waals surface area contributed by atoms with Gasteiger partial charge < -0.3 is 10.6 Å². The van der Waals surface area contributed by atoms with Crippen molar-refractivity contribution in [1.29, 1.82) is 0 Å². The average Bonchev–Trinajstić information content (AvgIpc) is 2.93. The van der Waals surface area contributed by atoms with E-state index in [2.05, 4.69) is 34.8 Å². The molecule has 0 spiro atoms. The molecular formula is C15H27Cl2N3OS. The van der Waals surface area contributed by atoms with Gasteiger partial charge in [-0.1, -0.05) is 13.8 Å². The summed E-state index contributed by atoms with van der Waals surface area (Å²) < 4.78 is 0. The van der Waals surface area contributed by atoms with Crippen LogP contribution in [0.1, 0.15) is 56.2 Å². The average molecular weight is 368 g/mol. The number of carbonyl (C=O) groups excluding carboxylic acids is 1. The highest BCUT2D eigenvalue weighted by atomic mass is 35.5. The smallest absolute Gasteiger partial charge is 0.220 e. The van der Waals surface area contributed by atoms with Crippen molar-refractivity contribution < 1.29 is 4.79 Å². The minimum atomic E-state index is 0. The minimum absolute atomic E-state index is 0. The molecule has 4 nitrogen and oxygen atoms in total. The topological polar surface area (TPSA) is 54.0 Å². The fourth-order valence-corrected chi connectivity index (χ4v) is 3.33. The first-order valence-corrected chi connectivity index (χ1v) is 8.45. The largest absolute Gasteiger partial charge is 0.350 e. The molecule has 7 heteroatoms. The lowest BCUT2D eigenvalue weighted by Crippen LogP contribution is -2.29. The fraction of sp³-hybridized carbons (Fsp3) is 0.733. The van der Waals surface area contributed by atoms with E-state index < -0.39 is 0 Å². The second-order valence-electron chi connectivity index (χ2n) is 5.83. The highest BCUT2D eigenvalue weighted by Gasteiger charge is 2.14. The highest BCUT2D eigenvalue weighted by molar-refractivity contribution is 7.09. The summed E-state index contributed by atoms with van der Waals surface area (Å²) in [6, 6.07) is 0. The first-order chi connectivity index (χ1) is 9.65. The van der Waals surface area contributed by atoms with Gasteiger partial charge in [0.1, 0.15) is 5.01 Å². The summed E-state index contributed by atoms with van der Waals surface area (Å²) in [7, 11) is 0. The Morgan fingerprint density at radius 2 is 2.09 bits per heavy atom. The van der Waals surface area contributed by atoms with E-state index in [0.717, 1.165) is 36.1 Å². The maximum atomic E-state index is 11.8. The Balaban J connectivity index is 0.00000220. The van der Waals surface area contributed by atoms with Gasteiger partial charge in [0.15, 0.2) is 0 Å². The predicted molar refractivity (Wildman–Crippen MR) is 97.4 cm³/mol. The molecule has 0 radical (unpaired) electrons. The zero-order valence-corrected chi connectivity index (χ0v) is 15.7. The lowest BCUT2D eigenvalue weighted by Gasteiger charge is -2.22. The van der Waals surface area contributed by atoms with E-state index in [4.69, 9.17) is 0 Å². The number of aromatic nitrogens is 1. The Kier molecular flexibility index (Phi) is 11.0. The third-order valence-electron chi connectivity index (χ3n) is 3.84. The summed E-state index contributed by atoms with van der Waals surface area (Å²) in [5.74, 6) is 1.33. The molecule has 0 saturated carbocycles. The number of carbonyl (C=O) groups is 1. The molecule has 1 aromatic rings. The summed E-state index contributed by atoms with van der Waals surface area (Å²) in [6.07, 6.45) is 4.07. The van der Waals surface area contributed by atoms with Crippen molar-refractivity contribution in [2.45, 2.75) is 52.0 Å². The molecule has 1 saturated heterocycles. The SMILES string of the molecule is CC(C)c1csc(CNC(=O)CCC2CCNCC2)n1.Cl.Cl. The normalized spacial score (nSPS) is 15.0. The van der Waals surface area contributed by atoms with E-state index in [1.54, 1.807) is 11.3 Å². The maximum Gasteiger partial charge on any atom is 0.220 e. The van der Waals surface area contributed by atoms with Crippen LogP contribution in [0.4, 0.5) is 0 Å². The summed E-state index contributed by atoms with van der Waals surface area (Å²) in [5, 5.41) is 9.43. The van der Waals surface area contributed by atoms with Crippen molar-refractivity contribution in [1.82, 2.24) is 15.6 Å². The van der Waals surface area contributed by atoms with Crippen LogP contribution in [0, 0.1) is 5.92 Å². The molecule has 1 fully saturated rings. The first-order valence-electron chi connectivity index (χ1n) is 7.57. The summed E-state index contributed by atoms with van der Waals surface area (Å²) in [4.78, 5) is 16.4. The van der Waals surface area contributed by atoms with Gasteiger partial charge in [0.05, 0.1) is 12.2 Å². The standard InChI is InChI=1S/C15H25N3OS.2ClH/c1-11(2)13-10-20-15(18-13)9-17-14(19)4-3-12-5-7-16-8-6-12;;/h10-12,16H,3-9H2,1-2H3,(H,17,19);2*1H. The molecule has 1 aromatic heterocycles. The van der Waals surface area contributed by atoms with Gasteiger partial charge in [0.2, 0.25) is 5.91 Å². The van der Waals surface area contributed by atoms with Gasteiger partial charge in [0.25, 0.3) is 0 Å². The van der Waals surface area contributed by atoms with Crippen LogP contribution in [-0.4, -0.2) is 24.0 Å². The Labute approximate surface area is 149 Å². The second-order valence-corrected chi connectivity index (χ2v) is 6.77. The molecule has 22 heavy (non-hydrogen) atoms. The lowest BCUT2D eigenvalue weighted by molar-refractivity contribution is -0.121. The molecule has 2 rings (SSSR count). The molecule has 0 bridgehead atoms. The molecule has 128 valence electrons. The van der Waals surface area contributed by atoms with Crippen molar-refractivity contribution in [2.75, 3.05) is 13.1 Å². The minimum Gasteiger partial charge on any atom is -0.350 e. The van der Waals surface area contributed by atoms with Crippen molar-refractivity contribution in [3.63, 3.8) is 0 Å². The molecule has 0 atom stereocenters. The van der Waals surface area contributed by atoms with Crippen molar-refractivity contribution in [3.8, 4) is 0 Å². The summed E-state index contributed by atoms with van der Waals surface area (Å²) >= 11 is 1.63. The zero-order valence-electron chi connectivity index (χ0n) is 13.3. The predicted octanol–water partition coefficient (Wildman–Crippen LogP) is 3.51. The van der Waals surface area contributed by atoms with E-state index >= 15 is 0 Å². The van der Waals surface area contributed by atoms with Gasteiger partial charge in [-0.15, -0.1) is 36.2 Å². The highest BCUT2D eigenvalue weighted by Crippen LogP contribution is 2.19. The molecule has 1 amide bonds. The third-order valence-corrected chi connectivity index (χ3v) is 4.70. The van der Waals surface area contributed by atoms with Gasteiger partial charge in [-0.25, -0.2) is 4.98 Å². The maximum absolute atomic E-state index is 11.8. The molecule has 0 aliphatic carbocycles. The van der Waals surface area contributed by atoms with Crippen LogP contribution >= 0.6 is 36.2 Å². The Morgan fingerprint density at radius 1 is 1.41 bits per heavy atom. The van der Waals surface area contributed by atoms with Crippen molar-refractivity contribution in [3.05, 3.63) is 16.1 Å². The fourth-order valence-electron chi connectivity index (χ4n) is 2.44. The Bertz CT molecular complexity index is 434. The van der Waals surface area contributed by atoms with Crippen LogP contribution in [-0.2, 0) is 11.3 Å². The number of piperidine rings is 1. The molecule has 1 aliphatic rings. The zero-order chi connectivity index (χ0) is 14.4. The molecular weight excluding hydrogens is 341 g/mol. The molecule has 2 N–H and O–H groups in total. The van der Waals surface area contributed by atoms with Crippen LogP contribution in [0.15, 0.2) is 5.38 Å². The monoisotopic (exact) mass is 367 g/mol. The van der Waals surface area contributed by atoms with Crippen LogP contribution in [0.5, 0.6) is 0 Å². The number of nitrogens with zero attached hydrogens (tertiary/aromatic N) is 1. The van der Waals surface area contributed by atoms with Gasteiger partial charge in [0, 0.05) is 11.8 Å². The number of thiazole rings is 1. The van der Waals surface area contributed by atoms with Crippen LogP contribution in [0.25, 0.3) is 0 Å². The quantitative estimate of drug-likeness (QED) is 0.808. The van der Waals surface area contributed by atoms with Gasteiger partial charge >= 0.3 is 0 Å². The van der Waals surface area contributed by atoms with E-state index in [1.165, 1.54) is 12.8 Å². The summed E-state index contributed by atoms with van der Waals surface area (Å²) in [5.41, 5.74) is 1.12.